The van der Waals surface area contributed by atoms with Gasteiger partial charge in [-0.3, -0.25) is 62.3 Å². The maximum atomic E-state index is 13.7. The molecule has 0 aromatic heterocycles. The van der Waals surface area contributed by atoms with Gasteiger partial charge in [0.1, 0.15) is 42.3 Å². The second-order valence-electron chi connectivity index (χ2n) is 16.8. The number of carboxylic acid groups (broad SMARTS) is 5. The van der Waals surface area contributed by atoms with Gasteiger partial charge in [-0.05, 0) is 43.9 Å². The molecule has 1 heterocycles. The molecule has 1 rings (SSSR count). The fourth-order valence-corrected chi connectivity index (χ4v) is 6.72. The van der Waals surface area contributed by atoms with E-state index in [2.05, 4.69) is 31.9 Å². The van der Waals surface area contributed by atoms with Crippen LogP contribution in [0.15, 0.2) is 0 Å². The first-order chi connectivity index (χ1) is 32.6. The molecule has 0 radical (unpaired) electrons. The first-order valence-electron chi connectivity index (χ1n) is 22.1. The van der Waals surface area contributed by atoms with Gasteiger partial charge in [-0.25, -0.2) is 4.79 Å². The Balaban J connectivity index is 3.38. The van der Waals surface area contributed by atoms with Crippen molar-refractivity contribution in [3.8, 4) is 0 Å². The van der Waals surface area contributed by atoms with Crippen molar-refractivity contribution in [3.05, 3.63) is 0 Å². The molecule has 1 aliphatic heterocycles. The van der Waals surface area contributed by atoms with Crippen molar-refractivity contribution in [2.45, 2.75) is 147 Å². The van der Waals surface area contributed by atoms with Gasteiger partial charge < -0.3 is 79.1 Å². The van der Waals surface area contributed by atoms with Crippen LogP contribution in [0.4, 0.5) is 0 Å². The molecule has 0 bridgehead atoms. The van der Waals surface area contributed by atoms with Gasteiger partial charge >= 0.3 is 29.8 Å². The molecule has 9 atom stereocenters. The highest BCUT2D eigenvalue weighted by molar-refractivity contribution is 5.99. The van der Waals surface area contributed by atoms with Gasteiger partial charge in [0.15, 0.2) is 0 Å². The fraction of sp³-hybridized carbons (Fsp3) is 0.659. The van der Waals surface area contributed by atoms with Gasteiger partial charge in [0.05, 0.1) is 25.4 Å². The van der Waals surface area contributed by atoms with Crippen LogP contribution in [-0.4, -0.2) is 175 Å². The average molecular weight is 1000 g/mol. The van der Waals surface area contributed by atoms with Crippen LogP contribution in [0.25, 0.3) is 0 Å². The Hall–Kier alpha value is -7.46. The molecule has 29 nitrogen and oxygen atoms in total. The molecule has 29 heteroatoms. The van der Waals surface area contributed by atoms with Crippen molar-refractivity contribution < 1.29 is 92.7 Å². The highest BCUT2D eigenvalue weighted by Crippen LogP contribution is 2.22. The van der Waals surface area contributed by atoms with Crippen LogP contribution in [0.2, 0.25) is 0 Å². The van der Waals surface area contributed by atoms with E-state index >= 15 is 0 Å². The first-order valence-corrected chi connectivity index (χ1v) is 22.1. The van der Waals surface area contributed by atoms with E-state index in [1.807, 2.05) is 5.32 Å². The van der Waals surface area contributed by atoms with E-state index in [-0.39, 0.29) is 25.3 Å². The molecule has 9 amide bonds. The number of hydrogen-bond donors (Lipinski definition) is 14. The van der Waals surface area contributed by atoms with E-state index in [0.29, 0.717) is 6.42 Å². The van der Waals surface area contributed by atoms with Gasteiger partial charge in [-0.2, -0.15) is 0 Å². The number of amides is 9. The molecule has 1 saturated heterocycles. The van der Waals surface area contributed by atoms with Gasteiger partial charge in [-0.1, -0.05) is 34.1 Å². The number of carboxylic acids is 5. The summed E-state index contributed by atoms with van der Waals surface area (Å²) in [6.07, 6.45) is -5.42. The standard InChI is InChI=1S/C41H64N10O19/c1-5-19(4)33(40(68)51-14-6-7-25(51)41(69)70)50-38(66)24(16-31(60)61)49-36(64)22(10-13-29(56)57)46-37(65)23(15-30(58)59)48-35(63)21(8-11-26(42)52)45-27(53)17-44-34(62)20(9-12-28(54)55)47-39(67)32(43)18(2)3/h18-25,32-33H,5-17,43H2,1-4H3,(H2,42,52)(H,44,62)(H,45,53)(H,46,65)(H,47,67)(H,48,63)(H,49,64)(H,50,66)(H,54,55)(H,56,57)(H,58,59)(H,60,61)(H,69,70). The second-order valence-corrected chi connectivity index (χ2v) is 16.8. The number of nitrogens with one attached hydrogen (secondary N) is 7. The minimum Gasteiger partial charge on any atom is -0.481 e. The fourth-order valence-electron chi connectivity index (χ4n) is 6.72. The summed E-state index contributed by atoms with van der Waals surface area (Å²) >= 11 is 0. The quantitative estimate of drug-likeness (QED) is 0.0300. The van der Waals surface area contributed by atoms with Crippen LogP contribution in [0, 0.1) is 11.8 Å². The maximum Gasteiger partial charge on any atom is 0.326 e. The molecule has 0 aromatic rings. The minimum atomic E-state index is -2.13. The lowest BCUT2D eigenvalue weighted by atomic mass is 9.96. The Morgan fingerprint density at radius 2 is 1.00 bits per heavy atom. The number of primary amides is 1. The zero-order chi connectivity index (χ0) is 53.6. The summed E-state index contributed by atoms with van der Waals surface area (Å²) in [7, 11) is 0. The zero-order valence-electron chi connectivity index (χ0n) is 39.0. The van der Waals surface area contributed by atoms with E-state index in [0.717, 1.165) is 4.90 Å². The summed E-state index contributed by atoms with van der Waals surface area (Å²) in [5.41, 5.74) is 11.0. The van der Waals surface area contributed by atoms with Crippen molar-refractivity contribution in [2.75, 3.05) is 13.1 Å². The Kier molecular flexibility index (Phi) is 25.5. The molecule has 0 saturated carbocycles. The van der Waals surface area contributed by atoms with Crippen LogP contribution in [0.5, 0.6) is 0 Å². The summed E-state index contributed by atoms with van der Waals surface area (Å²) in [5.74, 6) is -18.7. The molecule has 1 aliphatic rings. The van der Waals surface area contributed by atoms with Crippen molar-refractivity contribution in [1.29, 1.82) is 0 Å². The third kappa shape index (κ3) is 21.2. The third-order valence-electron chi connectivity index (χ3n) is 11.0. The Morgan fingerprint density at radius 1 is 0.571 bits per heavy atom. The molecular weight excluding hydrogens is 937 g/mol. The lowest BCUT2D eigenvalue weighted by molar-refractivity contribution is -0.150. The van der Waals surface area contributed by atoms with Gasteiger partial charge in [-0.15, -0.1) is 0 Å². The zero-order valence-corrected chi connectivity index (χ0v) is 39.0. The maximum absolute atomic E-state index is 13.7. The lowest BCUT2D eigenvalue weighted by Gasteiger charge is -2.31. The van der Waals surface area contributed by atoms with E-state index in [4.69, 9.17) is 16.6 Å². The number of nitrogens with zero attached hydrogens (tertiary/aromatic N) is 1. The van der Waals surface area contributed by atoms with E-state index in [9.17, 15) is 87.5 Å². The summed E-state index contributed by atoms with van der Waals surface area (Å²) < 4.78 is 0. The van der Waals surface area contributed by atoms with E-state index in [1.165, 1.54) is 0 Å². The largest absolute Gasteiger partial charge is 0.481 e. The average Bonchev–Trinajstić information content (AvgIpc) is 3.77. The molecular formula is C41H64N10O19. The van der Waals surface area contributed by atoms with Gasteiger partial charge in [0.25, 0.3) is 0 Å². The number of carbonyl (C=O) groups is 14. The summed E-state index contributed by atoms with van der Waals surface area (Å²) in [4.78, 5) is 178. The van der Waals surface area contributed by atoms with Crippen molar-refractivity contribution in [2.24, 2.45) is 23.3 Å². The summed E-state index contributed by atoms with van der Waals surface area (Å²) in [6.45, 7) is 5.55. The number of rotatable bonds is 32. The Labute approximate surface area is 400 Å². The molecule has 0 aliphatic carbocycles. The van der Waals surface area contributed by atoms with Crippen molar-refractivity contribution >= 4 is 83.0 Å². The number of carbonyl (C=O) groups excluding carboxylic acids is 9. The highest BCUT2D eigenvalue weighted by Gasteiger charge is 2.41. The van der Waals surface area contributed by atoms with Crippen LogP contribution >= 0.6 is 0 Å². The summed E-state index contributed by atoms with van der Waals surface area (Å²) in [5, 5.41) is 62.6. The Morgan fingerprint density at radius 3 is 1.44 bits per heavy atom. The molecule has 392 valence electrons. The first kappa shape index (κ1) is 60.6. The van der Waals surface area contributed by atoms with E-state index in [1.54, 1.807) is 27.7 Å². The minimum absolute atomic E-state index is 0.0436. The van der Waals surface area contributed by atoms with Crippen molar-refractivity contribution in [1.82, 2.24) is 42.1 Å². The predicted molar refractivity (Wildman–Crippen MR) is 236 cm³/mol. The van der Waals surface area contributed by atoms with E-state index < -0.39 is 195 Å². The van der Waals surface area contributed by atoms with Crippen LogP contribution < -0.4 is 48.7 Å². The smallest absolute Gasteiger partial charge is 0.326 e. The predicted octanol–water partition coefficient (Wildman–Crippen LogP) is -4.94. The SMILES string of the molecule is CCC(C)C(NC(=O)C(CC(=O)O)NC(=O)C(CCC(=O)O)NC(=O)C(CC(=O)O)NC(=O)C(CCC(N)=O)NC(=O)CNC(=O)C(CCC(=O)O)NC(=O)C(N)C(C)C)C(=O)N1CCCC1C(=O)O. The monoisotopic (exact) mass is 1000 g/mol. The molecule has 1 fully saturated rings. The van der Waals surface area contributed by atoms with Gasteiger partial charge in [0.2, 0.25) is 53.2 Å². The van der Waals surface area contributed by atoms with Crippen LogP contribution in [-0.2, 0) is 67.1 Å². The Bertz CT molecular complexity index is 1980. The number of hydrogen-bond acceptors (Lipinski definition) is 15. The second kappa shape index (κ2) is 29.4. The summed E-state index contributed by atoms with van der Waals surface area (Å²) in [6, 6.07) is -13.1. The molecule has 0 aromatic carbocycles. The van der Waals surface area contributed by atoms with Crippen LogP contribution in [0.3, 0.4) is 0 Å². The normalized spacial score (nSPS) is 16.5. The topological polar surface area (TPSA) is 480 Å². The molecule has 0 spiro atoms. The molecule has 70 heavy (non-hydrogen) atoms. The third-order valence-corrected chi connectivity index (χ3v) is 11.0. The lowest BCUT2D eigenvalue weighted by Crippen LogP contribution is -2.60. The molecule has 9 unspecified atom stereocenters. The van der Waals surface area contributed by atoms with Crippen LogP contribution in [0.1, 0.15) is 98.3 Å². The highest BCUT2D eigenvalue weighted by atomic mass is 16.4. The van der Waals surface area contributed by atoms with Crippen molar-refractivity contribution in [3.63, 3.8) is 0 Å². The number of aliphatic carboxylic acids is 5. The van der Waals surface area contributed by atoms with Gasteiger partial charge in [0, 0.05) is 25.8 Å². The number of nitrogens with two attached hydrogens (primary N) is 2. The molecule has 16 N–H and O–H groups in total. The number of likely N-dealkylation sites (tertiary alicyclic amines) is 1.